The second-order valence-corrected chi connectivity index (χ2v) is 4.97. The van der Waals surface area contributed by atoms with Crippen molar-refractivity contribution in [3.05, 3.63) is 18.2 Å². The number of imidazole rings is 1. The predicted molar refractivity (Wildman–Crippen MR) is 70.2 cm³/mol. The van der Waals surface area contributed by atoms with E-state index >= 15 is 0 Å². The Morgan fingerprint density at radius 2 is 2.28 bits per heavy atom. The fourth-order valence-corrected chi connectivity index (χ4v) is 2.64. The Balaban J connectivity index is 2.12. The van der Waals surface area contributed by atoms with Crippen LogP contribution in [0.4, 0.5) is 0 Å². The van der Waals surface area contributed by atoms with E-state index in [1.165, 1.54) is 12.8 Å². The molecular weight excluding hydrogens is 228 g/mol. The maximum atomic E-state index is 12.5. The second-order valence-electron chi connectivity index (χ2n) is 4.97. The zero-order chi connectivity index (χ0) is 13.0. The number of amides is 1. The van der Waals surface area contributed by atoms with Gasteiger partial charge in [-0.25, -0.2) is 4.98 Å². The molecular formula is C13H22N4O. The molecule has 1 aliphatic carbocycles. The van der Waals surface area contributed by atoms with Gasteiger partial charge in [0.1, 0.15) is 5.69 Å². The molecule has 2 N–H and O–H groups in total. The normalized spacial score (nSPS) is 16.1. The zero-order valence-corrected chi connectivity index (χ0v) is 11.0. The van der Waals surface area contributed by atoms with Crippen molar-refractivity contribution in [1.29, 1.82) is 0 Å². The Labute approximate surface area is 108 Å². The van der Waals surface area contributed by atoms with Gasteiger partial charge >= 0.3 is 0 Å². The summed E-state index contributed by atoms with van der Waals surface area (Å²) < 4.78 is 1.78. The van der Waals surface area contributed by atoms with E-state index in [-0.39, 0.29) is 5.91 Å². The minimum Gasteiger partial charge on any atom is -0.334 e. The van der Waals surface area contributed by atoms with Crippen LogP contribution in [0.2, 0.25) is 0 Å². The van der Waals surface area contributed by atoms with Crippen molar-refractivity contribution in [1.82, 2.24) is 14.5 Å². The van der Waals surface area contributed by atoms with Gasteiger partial charge in [-0.1, -0.05) is 12.8 Å². The van der Waals surface area contributed by atoms with Crippen LogP contribution in [0.25, 0.3) is 0 Å². The molecule has 1 aromatic heterocycles. The molecule has 0 saturated heterocycles. The van der Waals surface area contributed by atoms with Crippen LogP contribution in [0.5, 0.6) is 0 Å². The van der Waals surface area contributed by atoms with Gasteiger partial charge in [-0.3, -0.25) is 4.79 Å². The summed E-state index contributed by atoms with van der Waals surface area (Å²) in [6.45, 7) is 1.38. The van der Waals surface area contributed by atoms with E-state index in [1.807, 2.05) is 11.9 Å². The van der Waals surface area contributed by atoms with Gasteiger partial charge in [0.15, 0.2) is 0 Å². The van der Waals surface area contributed by atoms with Crippen molar-refractivity contribution in [3.8, 4) is 0 Å². The quantitative estimate of drug-likeness (QED) is 0.852. The molecule has 1 heterocycles. The van der Waals surface area contributed by atoms with Crippen molar-refractivity contribution in [3.63, 3.8) is 0 Å². The van der Waals surface area contributed by atoms with Gasteiger partial charge in [0, 0.05) is 19.6 Å². The third kappa shape index (κ3) is 2.72. The number of hydrogen-bond donors (Lipinski definition) is 1. The van der Waals surface area contributed by atoms with E-state index < -0.39 is 0 Å². The van der Waals surface area contributed by atoms with Gasteiger partial charge < -0.3 is 15.2 Å². The number of aromatic nitrogens is 2. The Kier molecular flexibility index (Phi) is 4.36. The lowest BCUT2D eigenvalue weighted by molar-refractivity contribution is 0.0670. The Morgan fingerprint density at radius 1 is 1.56 bits per heavy atom. The first-order valence-corrected chi connectivity index (χ1v) is 6.71. The molecule has 100 valence electrons. The summed E-state index contributed by atoms with van der Waals surface area (Å²) >= 11 is 0. The number of carbonyl (C=O) groups is 1. The number of hydrogen-bond acceptors (Lipinski definition) is 3. The maximum absolute atomic E-state index is 12.5. The molecule has 0 atom stereocenters. The van der Waals surface area contributed by atoms with E-state index in [4.69, 9.17) is 5.73 Å². The first-order chi connectivity index (χ1) is 8.74. The molecule has 0 radical (unpaired) electrons. The third-order valence-electron chi connectivity index (χ3n) is 3.67. The largest absolute Gasteiger partial charge is 0.334 e. The summed E-state index contributed by atoms with van der Waals surface area (Å²) in [5.74, 6) is 0.0929. The number of aryl methyl sites for hydroxylation is 1. The van der Waals surface area contributed by atoms with Crippen LogP contribution in [0.1, 0.15) is 42.6 Å². The Bertz CT molecular complexity index is 395. The average molecular weight is 250 g/mol. The van der Waals surface area contributed by atoms with E-state index in [9.17, 15) is 4.79 Å². The van der Waals surface area contributed by atoms with Crippen LogP contribution in [-0.4, -0.2) is 39.5 Å². The zero-order valence-electron chi connectivity index (χ0n) is 11.0. The standard InChI is InChI=1S/C13H22N4O/c1-16-10-15-9-12(16)13(18)17(8-4-7-14)11-5-2-3-6-11/h9-11H,2-8,14H2,1H3. The van der Waals surface area contributed by atoms with Crippen molar-refractivity contribution < 1.29 is 4.79 Å². The molecule has 0 unspecified atom stereocenters. The van der Waals surface area contributed by atoms with Gasteiger partial charge in [-0.15, -0.1) is 0 Å². The van der Waals surface area contributed by atoms with E-state index in [0.29, 0.717) is 18.3 Å². The molecule has 1 aromatic rings. The monoisotopic (exact) mass is 250 g/mol. The first-order valence-electron chi connectivity index (χ1n) is 6.71. The smallest absolute Gasteiger partial charge is 0.272 e. The van der Waals surface area contributed by atoms with E-state index in [1.54, 1.807) is 17.1 Å². The topological polar surface area (TPSA) is 64.2 Å². The van der Waals surface area contributed by atoms with Crippen LogP contribution in [-0.2, 0) is 7.05 Å². The average Bonchev–Trinajstić information content (AvgIpc) is 3.00. The third-order valence-corrected chi connectivity index (χ3v) is 3.67. The van der Waals surface area contributed by atoms with E-state index in [2.05, 4.69) is 4.98 Å². The fourth-order valence-electron chi connectivity index (χ4n) is 2.64. The van der Waals surface area contributed by atoms with E-state index in [0.717, 1.165) is 25.8 Å². The lowest BCUT2D eigenvalue weighted by Crippen LogP contribution is -2.40. The molecule has 18 heavy (non-hydrogen) atoms. The fraction of sp³-hybridized carbons (Fsp3) is 0.692. The molecule has 0 bridgehead atoms. The predicted octanol–water partition coefficient (Wildman–Crippen LogP) is 1.15. The van der Waals surface area contributed by atoms with Crippen molar-refractivity contribution in [2.75, 3.05) is 13.1 Å². The SMILES string of the molecule is Cn1cncc1C(=O)N(CCCN)C1CCCC1. The lowest BCUT2D eigenvalue weighted by atomic mass is 10.2. The van der Waals surface area contributed by atoms with Crippen molar-refractivity contribution in [2.45, 2.75) is 38.1 Å². The Morgan fingerprint density at radius 3 is 2.83 bits per heavy atom. The van der Waals surface area contributed by atoms with Crippen LogP contribution >= 0.6 is 0 Å². The molecule has 0 aliphatic heterocycles. The highest BCUT2D eigenvalue weighted by Gasteiger charge is 2.28. The summed E-state index contributed by atoms with van der Waals surface area (Å²) in [5.41, 5.74) is 6.23. The van der Waals surface area contributed by atoms with Gasteiger partial charge in [0.25, 0.3) is 5.91 Å². The molecule has 0 aromatic carbocycles. The number of carbonyl (C=O) groups excluding carboxylic acids is 1. The van der Waals surface area contributed by atoms with Crippen LogP contribution < -0.4 is 5.73 Å². The summed E-state index contributed by atoms with van der Waals surface area (Å²) in [6.07, 6.45) is 8.86. The highest BCUT2D eigenvalue weighted by molar-refractivity contribution is 5.92. The van der Waals surface area contributed by atoms with Crippen molar-refractivity contribution in [2.24, 2.45) is 12.8 Å². The molecule has 1 aliphatic rings. The molecule has 5 nitrogen and oxygen atoms in total. The lowest BCUT2D eigenvalue weighted by Gasteiger charge is -2.29. The van der Waals surface area contributed by atoms with Crippen LogP contribution in [0, 0.1) is 0 Å². The summed E-state index contributed by atoms with van der Waals surface area (Å²) in [7, 11) is 1.86. The highest BCUT2D eigenvalue weighted by atomic mass is 16.2. The molecule has 1 fully saturated rings. The minimum atomic E-state index is 0.0929. The maximum Gasteiger partial charge on any atom is 0.272 e. The highest BCUT2D eigenvalue weighted by Crippen LogP contribution is 2.25. The molecule has 5 heteroatoms. The summed E-state index contributed by atoms with van der Waals surface area (Å²) in [6, 6.07) is 0.388. The van der Waals surface area contributed by atoms with Crippen molar-refractivity contribution >= 4 is 5.91 Å². The minimum absolute atomic E-state index is 0.0929. The summed E-state index contributed by atoms with van der Waals surface area (Å²) in [5, 5.41) is 0. The molecule has 1 amide bonds. The summed E-state index contributed by atoms with van der Waals surface area (Å²) in [4.78, 5) is 18.6. The molecule has 2 rings (SSSR count). The number of nitrogens with zero attached hydrogens (tertiary/aromatic N) is 3. The number of rotatable bonds is 5. The second kappa shape index (κ2) is 6.00. The first kappa shape index (κ1) is 13.1. The molecule has 0 spiro atoms. The van der Waals surface area contributed by atoms with Crippen LogP contribution in [0.3, 0.4) is 0 Å². The number of nitrogens with two attached hydrogens (primary N) is 1. The van der Waals surface area contributed by atoms with Gasteiger partial charge in [-0.05, 0) is 25.8 Å². The molecule has 1 saturated carbocycles. The van der Waals surface area contributed by atoms with Gasteiger partial charge in [0.05, 0.1) is 12.5 Å². The van der Waals surface area contributed by atoms with Gasteiger partial charge in [-0.2, -0.15) is 0 Å². The van der Waals surface area contributed by atoms with Crippen LogP contribution in [0.15, 0.2) is 12.5 Å². The Hall–Kier alpha value is -1.36. The van der Waals surface area contributed by atoms with Gasteiger partial charge in [0.2, 0.25) is 0 Å².